The van der Waals surface area contributed by atoms with Crippen LogP contribution in [0.5, 0.6) is 0 Å². The molecule has 0 bridgehead atoms. The molecule has 2 aromatic carbocycles. The van der Waals surface area contributed by atoms with Crippen molar-refractivity contribution in [2.24, 2.45) is 5.10 Å². The monoisotopic (exact) mass is 409 g/mol. The van der Waals surface area contributed by atoms with Gasteiger partial charge in [0.1, 0.15) is 6.04 Å². The number of hydrazone groups is 1. The Bertz CT molecular complexity index is 1030. The van der Waals surface area contributed by atoms with Gasteiger partial charge in [-0.25, -0.2) is 8.42 Å². The summed E-state index contributed by atoms with van der Waals surface area (Å²) in [6, 6.07) is 16.8. The second-order valence-electron chi connectivity index (χ2n) is 6.26. The molecule has 0 fully saturated rings. The molecule has 1 heterocycles. The van der Waals surface area contributed by atoms with Crippen LogP contribution in [0.25, 0.3) is 0 Å². The molecule has 2 aromatic rings. The van der Waals surface area contributed by atoms with E-state index in [4.69, 9.17) is 4.74 Å². The molecule has 0 amide bonds. The van der Waals surface area contributed by atoms with Crippen LogP contribution in [0.3, 0.4) is 0 Å². The zero-order valence-electron chi connectivity index (χ0n) is 16.0. The van der Waals surface area contributed by atoms with Crippen LogP contribution in [0.4, 0.5) is 0 Å². The van der Waals surface area contributed by atoms with Gasteiger partial charge in [0.15, 0.2) is 0 Å². The van der Waals surface area contributed by atoms with Gasteiger partial charge in [-0.3, -0.25) is 5.43 Å². The Morgan fingerprint density at radius 3 is 2.45 bits per heavy atom. The van der Waals surface area contributed by atoms with Crippen molar-refractivity contribution in [2.75, 3.05) is 0 Å². The van der Waals surface area contributed by atoms with Gasteiger partial charge < -0.3 is 4.74 Å². The summed E-state index contributed by atoms with van der Waals surface area (Å²) in [5, 5.41) is 4.23. The lowest BCUT2D eigenvalue weighted by molar-refractivity contribution is 0.148. The van der Waals surface area contributed by atoms with Crippen LogP contribution in [0, 0.1) is 0 Å². The molecule has 0 saturated carbocycles. The average molecular weight is 410 g/mol. The highest BCUT2D eigenvalue weighted by atomic mass is 32.2. The standard InChI is InChI=1S/C22H23N3O3S/c1-3-5-12-17(4-2)21-23-24-22(28-21)20(18-13-8-6-9-14-18)25-29(26,27)19-15-10-7-11-16-19/h3-16,20,22,24-25H,2H2,1H3/b5-3-,17-12+. The van der Waals surface area contributed by atoms with E-state index in [0.717, 1.165) is 5.56 Å². The molecule has 2 N–H and O–H groups in total. The third-order valence-corrected chi connectivity index (χ3v) is 5.72. The summed E-state index contributed by atoms with van der Waals surface area (Å²) in [6.45, 7) is 5.69. The second kappa shape index (κ2) is 9.36. The molecule has 2 unspecified atom stereocenters. The molecule has 1 aliphatic rings. The van der Waals surface area contributed by atoms with E-state index < -0.39 is 22.3 Å². The van der Waals surface area contributed by atoms with Crippen molar-refractivity contribution in [1.29, 1.82) is 0 Å². The van der Waals surface area contributed by atoms with Gasteiger partial charge in [-0.2, -0.15) is 4.72 Å². The van der Waals surface area contributed by atoms with Gasteiger partial charge in [0.05, 0.1) is 4.90 Å². The smallest absolute Gasteiger partial charge is 0.241 e. The van der Waals surface area contributed by atoms with Gasteiger partial charge in [0.25, 0.3) is 0 Å². The first-order valence-corrected chi connectivity index (χ1v) is 10.6. The van der Waals surface area contributed by atoms with E-state index in [9.17, 15) is 8.42 Å². The third kappa shape index (κ3) is 5.01. The van der Waals surface area contributed by atoms with Crippen LogP contribution in [0.1, 0.15) is 18.5 Å². The number of allylic oxidation sites excluding steroid dienone is 3. The van der Waals surface area contributed by atoms with E-state index in [0.29, 0.717) is 11.5 Å². The molecular weight excluding hydrogens is 386 g/mol. The lowest BCUT2D eigenvalue weighted by Crippen LogP contribution is -2.41. The van der Waals surface area contributed by atoms with Gasteiger partial charge in [-0.1, -0.05) is 73.3 Å². The Morgan fingerprint density at radius 2 is 1.83 bits per heavy atom. The average Bonchev–Trinajstić information content (AvgIpc) is 3.24. The highest BCUT2D eigenvalue weighted by Crippen LogP contribution is 2.25. The topological polar surface area (TPSA) is 79.8 Å². The largest absolute Gasteiger partial charge is 0.449 e. The van der Waals surface area contributed by atoms with Crippen LogP contribution in [-0.4, -0.2) is 20.5 Å². The van der Waals surface area contributed by atoms with E-state index in [2.05, 4.69) is 21.8 Å². The molecule has 7 heteroatoms. The van der Waals surface area contributed by atoms with E-state index in [1.54, 1.807) is 36.4 Å². The number of sulfonamides is 1. The zero-order chi connectivity index (χ0) is 20.7. The lowest BCUT2D eigenvalue weighted by Gasteiger charge is -2.24. The van der Waals surface area contributed by atoms with Crippen molar-refractivity contribution in [3.05, 3.63) is 103 Å². The molecule has 0 radical (unpaired) electrons. The Balaban J connectivity index is 1.88. The minimum Gasteiger partial charge on any atom is -0.449 e. The van der Waals surface area contributed by atoms with Crippen LogP contribution < -0.4 is 10.1 Å². The van der Waals surface area contributed by atoms with Crippen LogP contribution >= 0.6 is 0 Å². The SMILES string of the molecule is C=C/C(=C\C=C/C)C1=NNC(C(NS(=O)(=O)c2ccccc2)c2ccccc2)O1. The summed E-state index contributed by atoms with van der Waals surface area (Å²) in [5.41, 5.74) is 4.34. The number of rotatable bonds is 8. The van der Waals surface area contributed by atoms with Crippen molar-refractivity contribution in [1.82, 2.24) is 10.1 Å². The normalized spacial score (nSPS) is 18.0. The minimum atomic E-state index is -3.77. The fourth-order valence-electron chi connectivity index (χ4n) is 2.80. The maximum atomic E-state index is 12.9. The summed E-state index contributed by atoms with van der Waals surface area (Å²) in [7, 11) is -3.77. The molecule has 0 aromatic heterocycles. The van der Waals surface area contributed by atoms with Crippen molar-refractivity contribution in [2.45, 2.75) is 24.1 Å². The first-order chi connectivity index (χ1) is 14.0. The summed E-state index contributed by atoms with van der Waals surface area (Å²) in [4.78, 5) is 0.180. The maximum Gasteiger partial charge on any atom is 0.241 e. The summed E-state index contributed by atoms with van der Waals surface area (Å²) in [5.74, 6) is 0.350. The lowest BCUT2D eigenvalue weighted by atomic mass is 10.1. The molecule has 150 valence electrons. The summed E-state index contributed by atoms with van der Waals surface area (Å²) < 4.78 is 34.5. The summed E-state index contributed by atoms with van der Waals surface area (Å²) >= 11 is 0. The predicted octanol–water partition coefficient (Wildman–Crippen LogP) is 3.65. The number of nitrogens with one attached hydrogen (secondary N) is 2. The van der Waals surface area contributed by atoms with E-state index in [-0.39, 0.29) is 4.90 Å². The number of hydrogen-bond donors (Lipinski definition) is 2. The molecule has 3 rings (SSSR count). The van der Waals surface area contributed by atoms with Gasteiger partial charge in [0, 0.05) is 5.57 Å². The van der Waals surface area contributed by atoms with Gasteiger partial charge >= 0.3 is 0 Å². The molecule has 0 spiro atoms. The third-order valence-electron chi connectivity index (χ3n) is 4.26. The van der Waals surface area contributed by atoms with E-state index in [1.165, 1.54) is 0 Å². The van der Waals surface area contributed by atoms with Crippen molar-refractivity contribution >= 4 is 15.9 Å². The van der Waals surface area contributed by atoms with Crippen LogP contribution in [0.2, 0.25) is 0 Å². The highest BCUT2D eigenvalue weighted by molar-refractivity contribution is 7.89. The Hall–Kier alpha value is -3.16. The Labute approximate surface area is 171 Å². The first kappa shape index (κ1) is 20.6. The number of nitrogens with zero attached hydrogens (tertiary/aromatic N) is 1. The van der Waals surface area contributed by atoms with Crippen molar-refractivity contribution < 1.29 is 13.2 Å². The molecule has 0 saturated heterocycles. The predicted molar refractivity (Wildman–Crippen MR) is 114 cm³/mol. The molecule has 2 atom stereocenters. The maximum absolute atomic E-state index is 12.9. The highest BCUT2D eigenvalue weighted by Gasteiger charge is 2.34. The second-order valence-corrected chi connectivity index (χ2v) is 7.97. The van der Waals surface area contributed by atoms with Gasteiger partial charge in [-0.05, 0) is 30.7 Å². The van der Waals surface area contributed by atoms with Crippen molar-refractivity contribution in [3.63, 3.8) is 0 Å². The zero-order valence-corrected chi connectivity index (χ0v) is 16.8. The number of hydrogen-bond acceptors (Lipinski definition) is 5. The molecule has 29 heavy (non-hydrogen) atoms. The summed E-state index contributed by atoms with van der Waals surface area (Å²) in [6.07, 6.45) is 6.46. The fourth-order valence-corrected chi connectivity index (χ4v) is 4.04. The van der Waals surface area contributed by atoms with Crippen LogP contribution in [-0.2, 0) is 14.8 Å². The molecule has 6 nitrogen and oxygen atoms in total. The quantitative estimate of drug-likeness (QED) is 0.652. The molecular formula is C22H23N3O3S. The fraction of sp³-hybridized carbons (Fsp3) is 0.136. The first-order valence-electron chi connectivity index (χ1n) is 9.13. The van der Waals surface area contributed by atoms with E-state index in [1.807, 2.05) is 55.5 Å². The Kier molecular flexibility index (Phi) is 6.64. The number of ether oxygens (including phenoxy) is 1. The minimum absolute atomic E-state index is 0.180. The van der Waals surface area contributed by atoms with Crippen molar-refractivity contribution in [3.8, 4) is 0 Å². The number of benzene rings is 2. The van der Waals surface area contributed by atoms with Crippen LogP contribution in [0.15, 0.2) is 107 Å². The van der Waals surface area contributed by atoms with E-state index >= 15 is 0 Å². The molecule has 0 aliphatic carbocycles. The molecule has 1 aliphatic heterocycles. The van der Waals surface area contributed by atoms with Gasteiger partial charge in [0.2, 0.25) is 22.1 Å². The van der Waals surface area contributed by atoms with Gasteiger partial charge in [-0.15, -0.1) is 5.10 Å². The Morgan fingerprint density at radius 1 is 1.17 bits per heavy atom.